The Labute approximate surface area is 104 Å². The Balaban J connectivity index is 2.27. The Bertz CT molecular complexity index is 279. The lowest BCUT2D eigenvalue weighted by Gasteiger charge is -2.08. The number of unbranched alkanes of at least 4 members (excludes halogenated alkanes) is 2. The third kappa shape index (κ3) is 4.89. The normalized spacial score (nSPS) is 10.8. The Kier molecular flexibility index (Phi) is 6.32. The van der Waals surface area contributed by atoms with Crippen LogP contribution in [0.1, 0.15) is 44.6 Å². The van der Waals surface area contributed by atoms with E-state index in [2.05, 4.69) is 38.1 Å². The van der Waals surface area contributed by atoms with Gasteiger partial charge in [-0.2, -0.15) is 0 Å². The SMILES string of the molecule is CC(C)c1ccc(OCCCCCCl)cc1. The van der Waals surface area contributed by atoms with E-state index in [1.54, 1.807) is 0 Å². The molecule has 1 aromatic rings. The first-order chi connectivity index (χ1) is 7.74. The van der Waals surface area contributed by atoms with Crippen molar-refractivity contribution in [3.05, 3.63) is 29.8 Å². The number of benzene rings is 1. The van der Waals surface area contributed by atoms with E-state index in [4.69, 9.17) is 16.3 Å². The predicted octanol–water partition coefficient (Wildman–Crippen LogP) is 4.60. The second kappa shape index (κ2) is 7.56. The van der Waals surface area contributed by atoms with E-state index < -0.39 is 0 Å². The number of hydrogen-bond acceptors (Lipinski definition) is 1. The second-order valence-electron chi connectivity index (χ2n) is 4.32. The number of hydrogen-bond donors (Lipinski definition) is 0. The summed E-state index contributed by atoms with van der Waals surface area (Å²) in [5.41, 5.74) is 1.36. The summed E-state index contributed by atoms with van der Waals surface area (Å²) in [6, 6.07) is 8.38. The quantitative estimate of drug-likeness (QED) is 0.500. The molecule has 1 nitrogen and oxygen atoms in total. The van der Waals surface area contributed by atoms with Gasteiger partial charge in [-0.25, -0.2) is 0 Å². The van der Waals surface area contributed by atoms with E-state index in [9.17, 15) is 0 Å². The summed E-state index contributed by atoms with van der Waals surface area (Å²) in [4.78, 5) is 0. The van der Waals surface area contributed by atoms with Gasteiger partial charge < -0.3 is 4.74 Å². The Morgan fingerprint density at radius 1 is 1.06 bits per heavy atom. The molecule has 0 aliphatic rings. The maximum Gasteiger partial charge on any atom is 0.119 e. The first-order valence-electron chi connectivity index (χ1n) is 6.02. The van der Waals surface area contributed by atoms with Crippen LogP contribution in [0.4, 0.5) is 0 Å². The largest absolute Gasteiger partial charge is 0.494 e. The lowest BCUT2D eigenvalue weighted by Crippen LogP contribution is -1.97. The molecule has 0 radical (unpaired) electrons. The van der Waals surface area contributed by atoms with Crippen LogP contribution < -0.4 is 4.74 Å². The molecule has 0 aliphatic heterocycles. The average molecular weight is 241 g/mol. The van der Waals surface area contributed by atoms with Crippen LogP contribution in [0.25, 0.3) is 0 Å². The Morgan fingerprint density at radius 3 is 2.31 bits per heavy atom. The molecule has 90 valence electrons. The predicted molar refractivity (Wildman–Crippen MR) is 70.6 cm³/mol. The molecule has 0 N–H and O–H groups in total. The molecule has 0 unspecified atom stereocenters. The van der Waals surface area contributed by atoms with Crippen LogP contribution in [0.15, 0.2) is 24.3 Å². The molecule has 0 aliphatic carbocycles. The van der Waals surface area contributed by atoms with Crippen molar-refractivity contribution < 1.29 is 4.74 Å². The molecule has 0 spiro atoms. The minimum absolute atomic E-state index is 0.581. The zero-order chi connectivity index (χ0) is 11.8. The van der Waals surface area contributed by atoms with E-state index in [0.717, 1.165) is 37.5 Å². The van der Waals surface area contributed by atoms with Crippen molar-refractivity contribution in [3.8, 4) is 5.75 Å². The third-order valence-corrected chi connectivity index (χ3v) is 2.86. The summed E-state index contributed by atoms with van der Waals surface area (Å²) in [7, 11) is 0. The first kappa shape index (κ1) is 13.4. The van der Waals surface area contributed by atoms with Crippen molar-refractivity contribution >= 4 is 11.6 Å². The molecule has 0 aromatic heterocycles. The zero-order valence-corrected chi connectivity index (χ0v) is 11.0. The number of ether oxygens (including phenoxy) is 1. The van der Waals surface area contributed by atoms with Crippen molar-refractivity contribution in [2.24, 2.45) is 0 Å². The van der Waals surface area contributed by atoms with Crippen molar-refractivity contribution in [1.29, 1.82) is 0 Å². The average Bonchev–Trinajstić information content (AvgIpc) is 2.29. The van der Waals surface area contributed by atoms with Gasteiger partial charge in [-0.05, 0) is 42.9 Å². The van der Waals surface area contributed by atoms with Crippen LogP contribution in [0.5, 0.6) is 5.75 Å². The van der Waals surface area contributed by atoms with Crippen molar-refractivity contribution in [2.75, 3.05) is 12.5 Å². The second-order valence-corrected chi connectivity index (χ2v) is 4.70. The zero-order valence-electron chi connectivity index (χ0n) is 10.2. The van der Waals surface area contributed by atoms with Gasteiger partial charge in [-0.1, -0.05) is 26.0 Å². The van der Waals surface area contributed by atoms with Gasteiger partial charge in [0, 0.05) is 5.88 Å². The third-order valence-electron chi connectivity index (χ3n) is 2.59. The lowest BCUT2D eigenvalue weighted by atomic mass is 10.0. The molecule has 0 atom stereocenters. The molecule has 16 heavy (non-hydrogen) atoms. The maximum absolute atomic E-state index is 5.64. The topological polar surface area (TPSA) is 9.23 Å². The monoisotopic (exact) mass is 240 g/mol. The highest BCUT2D eigenvalue weighted by Crippen LogP contribution is 2.18. The summed E-state index contributed by atoms with van der Waals surface area (Å²) in [5, 5.41) is 0. The van der Waals surface area contributed by atoms with E-state index >= 15 is 0 Å². The van der Waals surface area contributed by atoms with Crippen molar-refractivity contribution in [1.82, 2.24) is 0 Å². The van der Waals surface area contributed by atoms with Gasteiger partial charge in [0.25, 0.3) is 0 Å². The van der Waals surface area contributed by atoms with Crippen LogP contribution >= 0.6 is 11.6 Å². The highest BCUT2D eigenvalue weighted by Gasteiger charge is 1.99. The lowest BCUT2D eigenvalue weighted by molar-refractivity contribution is 0.306. The molecular weight excluding hydrogens is 220 g/mol. The minimum Gasteiger partial charge on any atom is -0.494 e. The van der Waals surface area contributed by atoms with Gasteiger partial charge in [0.05, 0.1) is 6.61 Å². The van der Waals surface area contributed by atoms with Gasteiger partial charge >= 0.3 is 0 Å². The van der Waals surface area contributed by atoms with E-state index in [-0.39, 0.29) is 0 Å². The maximum atomic E-state index is 5.64. The fourth-order valence-electron chi connectivity index (χ4n) is 1.51. The van der Waals surface area contributed by atoms with Gasteiger partial charge in [-0.3, -0.25) is 0 Å². The van der Waals surface area contributed by atoms with Gasteiger partial charge in [-0.15, -0.1) is 11.6 Å². The molecule has 1 aromatic carbocycles. The Hall–Kier alpha value is -0.690. The Morgan fingerprint density at radius 2 is 1.75 bits per heavy atom. The summed E-state index contributed by atoms with van der Waals surface area (Å²) >= 11 is 5.60. The van der Waals surface area contributed by atoms with Crippen molar-refractivity contribution in [3.63, 3.8) is 0 Å². The summed E-state index contributed by atoms with van der Waals surface area (Å²) in [6.07, 6.45) is 3.31. The molecule has 0 saturated carbocycles. The van der Waals surface area contributed by atoms with Crippen LogP contribution in [-0.4, -0.2) is 12.5 Å². The van der Waals surface area contributed by atoms with Crippen molar-refractivity contribution in [2.45, 2.75) is 39.0 Å². The van der Waals surface area contributed by atoms with Crippen LogP contribution in [0, 0.1) is 0 Å². The minimum atomic E-state index is 0.581. The summed E-state index contributed by atoms with van der Waals surface area (Å²) in [5.74, 6) is 2.30. The fourth-order valence-corrected chi connectivity index (χ4v) is 1.70. The van der Waals surface area contributed by atoms with E-state index in [0.29, 0.717) is 5.92 Å². The smallest absolute Gasteiger partial charge is 0.119 e. The van der Waals surface area contributed by atoms with Gasteiger partial charge in [0.1, 0.15) is 5.75 Å². The molecule has 0 saturated heterocycles. The summed E-state index contributed by atoms with van der Waals surface area (Å²) in [6.45, 7) is 5.18. The fraction of sp³-hybridized carbons (Fsp3) is 0.571. The molecule has 0 amide bonds. The molecule has 0 bridgehead atoms. The molecule has 2 heteroatoms. The molecule has 0 fully saturated rings. The number of alkyl halides is 1. The van der Waals surface area contributed by atoms with E-state index in [1.165, 1.54) is 5.56 Å². The molecule has 0 heterocycles. The van der Waals surface area contributed by atoms with Crippen LogP contribution in [0.3, 0.4) is 0 Å². The highest BCUT2D eigenvalue weighted by molar-refractivity contribution is 6.17. The first-order valence-corrected chi connectivity index (χ1v) is 6.56. The van der Waals surface area contributed by atoms with E-state index in [1.807, 2.05) is 0 Å². The highest BCUT2D eigenvalue weighted by atomic mass is 35.5. The number of rotatable bonds is 7. The summed E-state index contributed by atoms with van der Waals surface area (Å²) < 4.78 is 5.64. The van der Waals surface area contributed by atoms with Gasteiger partial charge in [0.2, 0.25) is 0 Å². The van der Waals surface area contributed by atoms with Crippen LogP contribution in [-0.2, 0) is 0 Å². The molecular formula is C14H21ClO. The van der Waals surface area contributed by atoms with Gasteiger partial charge in [0.15, 0.2) is 0 Å². The standard InChI is InChI=1S/C14H21ClO/c1-12(2)13-6-8-14(9-7-13)16-11-5-3-4-10-15/h6-9,12H,3-5,10-11H2,1-2H3. The van der Waals surface area contributed by atoms with Crippen LogP contribution in [0.2, 0.25) is 0 Å². The number of halogens is 1. The molecule has 1 rings (SSSR count).